The van der Waals surface area contributed by atoms with Gasteiger partial charge in [-0.1, -0.05) is 30.3 Å². The number of halogens is 1. The van der Waals surface area contributed by atoms with E-state index in [1.54, 1.807) is 0 Å². The monoisotopic (exact) mass is 193 g/mol. The van der Waals surface area contributed by atoms with Crippen molar-refractivity contribution >= 4 is 0 Å². The van der Waals surface area contributed by atoms with Crippen molar-refractivity contribution in [1.29, 1.82) is 0 Å². The highest BCUT2D eigenvalue weighted by atomic mass is 19.1. The van der Waals surface area contributed by atoms with Crippen LogP contribution >= 0.6 is 0 Å². The molecule has 2 atom stereocenters. The number of hydrogen-bond acceptors (Lipinski definition) is 1. The quantitative estimate of drug-likeness (QED) is 0.759. The van der Waals surface area contributed by atoms with Crippen molar-refractivity contribution in [3.8, 4) is 0 Å². The minimum Gasteiger partial charge on any atom is -0.316 e. The largest absolute Gasteiger partial charge is 0.316 e. The SMILES string of the molecule is FC1CCNCC1Cc1ccccc1. The molecule has 0 aromatic heterocycles. The maximum Gasteiger partial charge on any atom is 0.106 e. The van der Waals surface area contributed by atoms with Gasteiger partial charge in [0, 0.05) is 12.5 Å². The third-order valence-electron chi connectivity index (χ3n) is 2.86. The normalized spacial score (nSPS) is 27.5. The minimum absolute atomic E-state index is 0.158. The Hall–Kier alpha value is -0.890. The molecule has 0 aliphatic carbocycles. The summed E-state index contributed by atoms with van der Waals surface area (Å²) < 4.78 is 13.5. The molecule has 1 aliphatic heterocycles. The smallest absolute Gasteiger partial charge is 0.106 e. The van der Waals surface area contributed by atoms with Crippen LogP contribution in [0, 0.1) is 5.92 Å². The molecule has 76 valence electrons. The molecule has 1 aromatic carbocycles. The van der Waals surface area contributed by atoms with Crippen LogP contribution in [0.5, 0.6) is 0 Å². The Morgan fingerprint density at radius 3 is 2.79 bits per heavy atom. The summed E-state index contributed by atoms with van der Waals surface area (Å²) >= 11 is 0. The molecule has 1 heterocycles. The van der Waals surface area contributed by atoms with Gasteiger partial charge in [-0.2, -0.15) is 0 Å². The fraction of sp³-hybridized carbons (Fsp3) is 0.500. The number of rotatable bonds is 2. The van der Waals surface area contributed by atoms with Crippen molar-refractivity contribution in [2.45, 2.75) is 19.0 Å². The summed E-state index contributed by atoms with van der Waals surface area (Å²) in [5.74, 6) is 0.158. The van der Waals surface area contributed by atoms with Gasteiger partial charge in [-0.15, -0.1) is 0 Å². The standard InChI is InChI=1S/C12H16FN/c13-12-6-7-14-9-11(12)8-10-4-2-1-3-5-10/h1-5,11-12,14H,6-9H2. The van der Waals surface area contributed by atoms with Crippen molar-refractivity contribution in [1.82, 2.24) is 5.32 Å². The van der Waals surface area contributed by atoms with Crippen LogP contribution in [0.25, 0.3) is 0 Å². The summed E-state index contributed by atoms with van der Waals surface area (Å²) in [5, 5.41) is 3.25. The molecule has 14 heavy (non-hydrogen) atoms. The van der Waals surface area contributed by atoms with Crippen molar-refractivity contribution in [3.63, 3.8) is 0 Å². The number of benzene rings is 1. The number of nitrogens with one attached hydrogen (secondary N) is 1. The van der Waals surface area contributed by atoms with Crippen LogP contribution in [-0.2, 0) is 6.42 Å². The minimum atomic E-state index is -0.628. The van der Waals surface area contributed by atoms with Crippen LogP contribution in [-0.4, -0.2) is 19.3 Å². The highest BCUT2D eigenvalue weighted by Gasteiger charge is 2.24. The second kappa shape index (κ2) is 4.56. The molecule has 1 N–H and O–H groups in total. The first-order valence-corrected chi connectivity index (χ1v) is 5.25. The maximum absolute atomic E-state index is 13.5. The Labute approximate surface area is 84.3 Å². The summed E-state index contributed by atoms with van der Waals surface area (Å²) in [7, 11) is 0. The van der Waals surface area contributed by atoms with Gasteiger partial charge in [0.1, 0.15) is 6.17 Å². The Kier molecular flexibility index (Phi) is 3.14. The van der Waals surface area contributed by atoms with E-state index in [-0.39, 0.29) is 5.92 Å². The summed E-state index contributed by atoms with van der Waals surface area (Å²) in [6.07, 6.45) is 0.892. The van der Waals surface area contributed by atoms with Gasteiger partial charge in [0.15, 0.2) is 0 Å². The number of alkyl halides is 1. The first kappa shape index (κ1) is 9.66. The predicted octanol–water partition coefficient (Wildman–Crippen LogP) is 2.18. The summed E-state index contributed by atoms with van der Waals surface area (Å²) in [4.78, 5) is 0. The molecule has 1 fully saturated rings. The van der Waals surface area contributed by atoms with E-state index in [4.69, 9.17) is 0 Å². The van der Waals surface area contributed by atoms with Gasteiger partial charge < -0.3 is 5.32 Å². The van der Waals surface area contributed by atoms with Gasteiger partial charge in [0.2, 0.25) is 0 Å². The van der Waals surface area contributed by atoms with E-state index in [9.17, 15) is 4.39 Å². The van der Waals surface area contributed by atoms with E-state index in [0.717, 1.165) is 19.5 Å². The zero-order valence-electron chi connectivity index (χ0n) is 8.25. The molecule has 1 aromatic rings. The van der Waals surface area contributed by atoms with E-state index in [2.05, 4.69) is 17.4 Å². The average molecular weight is 193 g/mol. The molecule has 0 bridgehead atoms. The van der Waals surface area contributed by atoms with Crippen molar-refractivity contribution in [2.75, 3.05) is 13.1 Å². The van der Waals surface area contributed by atoms with E-state index in [1.165, 1.54) is 5.56 Å². The van der Waals surface area contributed by atoms with E-state index < -0.39 is 6.17 Å². The molecule has 1 saturated heterocycles. The molecular formula is C12H16FN. The van der Waals surface area contributed by atoms with Gasteiger partial charge in [0.05, 0.1) is 0 Å². The van der Waals surface area contributed by atoms with Crippen LogP contribution < -0.4 is 5.32 Å². The fourth-order valence-corrected chi connectivity index (χ4v) is 2.01. The van der Waals surface area contributed by atoms with Crippen molar-refractivity contribution in [3.05, 3.63) is 35.9 Å². The third-order valence-corrected chi connectivity index (χ3v) is 2.86. The van der Waals surface area contributed by atoms with Crippen LogP contribution in [0.4, 0.5) is 4.39 Å². The lowest BCUT2D eigenvalue weighted by atomic mass is 9.91. The van der Waals surface area contributed by atoms with E-state index >= 15 is 0 Å². The molecular weight excluding hydrogens is 177 g/mol. The third kappa shape index (κ3) is 2.32. The Morgan fingerprint density at radius 2 is 2.07 bits per heavy atom. The van der Waals surface area contributed by atoms with Crippen LogP contribution in [0.2, 0.25) is 0 Å². The molecule has 1 nitrogen and oxygen atoms in total. The fourth-order valence-electron chi connectivity index (χ4n) is 2.01. The predicted molar refractivity (Wildman–Crippen MR) is 56.0 cm³/mol. The number of piperidine rings is 1. The highest BCUT2D eigenvalue weighted by molar-refractivity contribution is 5.15. The Bertz CT molecular complexity index is 273. The molecule has 1 aliphatic rings. The van der Waals surface area contributed by atoms with Crippen molar-refractivity contribution < 1.29 is 4.39 Å². The highest BCUT2D eigenvalue weighted by Crippen LogP contribution is 2.19. The topological polar surface area (TPSA) is 12.0 Å². The van der Waals surface area contributed by atoms with Crippen molar-refractivity contribution in [2.24, 2.45) is 5.92 Å². The average Bonchev–Trinajstić information content (AvgIpc) is 2.23. The lowest BCUT2D eigenvalue weighted by molar-refractivity contribution is 0.178. The molecule has 0 spiro atoms. The van der Waals surface area contributed by atoms with Gasteiger partial charge >= 0.3 is 0 Å². The van der Waals surface area contributed by atoms with Crippen LogP contribution in [0.1, 0.15) is 12.0 Å². The Morgan fingerprint density at radius 1 is 1.29 bits per heavy atom. The lowest BCUT2D eigenvalue weighted by Gasteiger charge is -2.26. The zero-order valence-corrected chi connectivity index (χ0v) is 8.25. The summed E-state index contributed by atoms with van der Waals surface area (Å²) in [6.45, 7) is 1.64. The molecule has 2 unspecified atom stereocenters. The second-order valence-electron chi connectivity index (χ2n) is 3.96. The first-order chi connectivity index (χ1) is 6.86. The lowest BCUT2D eigenvalue weighted by Crippen LogP contribution is -2.38. The van der Waals surface area contributed by atoms with Gasteiger partial charge in [-0.3, -0.25) is 0 Å². The first-order valence-electron chi connectivity index (χ1n) is 5.25. The van der Waals surface area contributed by atoms with Crippen LogP contribution in [0.15, 0.2) is 30.3 Å². The van der Waals surface area contributed by atoms with Gasteiger partial charge in [-0.25, -0.2) is 4.39 Å². The molecule has 0 amide bonds. The van der Waals surface area contributed by atoms with Gasteiger partial charge in [0.25, 0.3) is 0 Å². The molecule has 0 radical (unpaired) electrons. The molecule has 2 heteroatoms. The summed E-state index contributed by atoms with van der Waals surface area (Å²) in [6, 6.07) is 10.2. The van der Waals surface area contributed by atoms with Crippen LogP contribution in [0.3, 0.4) is 0 Å². The Balaban J connectivity index is 1.96. The maximum atomic E-state index is 13.5. The van der Waals surface area contributed by atoms with E-state index in [0.29, 0.717) is 6.42 Å². The molecule has 2 rings (SSSR count). The number of hydrogen-bond donors (Lipinski definition) is 1. The summed E-state index contributed by atoms with van der Waals surface area (Å²) in [5.41, 5.74) is 1.24. The van der Waals surface area contributed by atoms with Gasteiger partial charge in [-0.05, 0) is 24.9 Å². The molecule has 0 saturated carbocycles. The van der Waals surface area contributed by atoms with E-state index in [1.807, 2.05) is 18.2 Å². The zero-order chi connectivity index (χ0) is 9.80. The second-order valence-corrected chi connectivity index (χ2v) is 3.96.